The van der Waals surface area contributed by atoms with E-state index in [4.69, 9.17) is 0 Å². The van der Waals surface area contributed by atoms with Crippen molar-refractivity contribution in [2.24, 2.45) is 17.8 Å². The number of likely N-dealkylation sites (tertiary alicyclic amines) is 2. The number of benzene rings is 3. The molecule has 4 heteroatoms. The Bertz CT molecular complexity index is 1170. The van der Waals surface area contributed by atoms with Gasteiger partial charge in [0.25, 0.3) is 5.91 Å². The van der Waals surface area contributed by atoms with Crippen molar-refractivity contribution in [2.45, 2.75) is 38.0 Å². The molecule has 3 fully saturated rings. The third kappa shape index (κ3) is 4.61. The zero-order valence-corrected chi connectivity index (χ0v) is 20.4. The molecule has 0 radical (unpaired) electrons. The number of nitrogens with zero attached hydrogens (tertiary/aromatic N) is 2. The van der Waals surface area contributed by atoms with Crippen LogP contribution in [0.4, 0.5) is 4.39 Å². The maximum atomic E-state index is 13.7. The van der Waals surface area contributed by atoms with E-state index < -0.39 is 0 Å². The van der Waals surface area contributed by atoms with E-state index in [0.29, 0.717) is 17.8 Å². The van der Waals surface area contributed by atoms with Crippen molar-refractivity contribution in [3.05, 3.63) is 83.7 Å². The van der Waals surface area contributed by atoms with Gasteiger partial charge in [-0.3, -0.25) is 4.79 Å². The van der Waals surface area contributed by atoms with Crippen LogP contribution in [0.2, 0.25) is 0 Å². The molecule has 6 rings (SSSR count). The molecule has 1 aliphatic carbocycles. The standard InChI is InChI=1S/C31H35FN2O/c32-27-13-11-22(12-14-27)23-15-17-33(18-16-23)19-26-20-34(21-30(26)25-6-3-7-25)31(35)29-10-4-8-24-5-1-2-9-28(24)29/h1-2,4-5,8-14,23,25-26,30H,3,6-7,15-21H2/t26-,30+/m1/s1. The molecule has 2 heterocycles. The van der Waals surface area contributed by atoms with Crippen molar-refractivity contribution < 1.29 is 9.18 Å². The van der Waals surface area contributed by atoms with E-state index >= 15 is 0 Å². The van der Waals surface area contributed by atoms with Crippen molar-refractivity contribution in [2.75, 3.05) is 32.7 Å². The van der Waals surface area contributed by atoms with E-state index in [-0.39, 0.29) is 11.7 Å². The molecule has 3 aliphatic rings. The van der Waals surface area contributed by atoms with Gasteiger partial charge in [0.1, 0.15) is 5.82 Å². The molecule has 0 aromatic heterocycles. The number of fused-ring (bicyclic) bond motifs is 1. The largest absolute Gasteiger partial charge is 0.338 e. The van der Waals surface area contributed by atoms with Crippen molar-refractivity contribution in [3.63, 3.8) is 0 Å². The average molecular weight is 471 g/mol. The minimum absolute atomic E-state index is 0.156. The first kappa shape index (κ1) is 22.7. The van der Waals surface area contributed by atoms with E-state index in [0.717, 1.165) is 67.8 Å². The minimum Gasteiger partial charge on any atom is -0.338 e. The predicted octanol–water partition coefficient (Wildman–Crippen LogP) is 6.35. The molecule has 1 saturated carbocycles. The Morgan fingerprint density at radius 3 is 2.34 bits per heavy atom. The van der Waals surface area contributed by atoms with Crippen LogP contribution in [0.5, 0.6) is 0 Å². The molecule has 2 atom stereocenters. The first-order valence-corrected chi connectivity index (χ1v) is 13.4. The topological polar surface area (TPSA) is 23.6 Å². The highest BCUT2D eigenvalue weighted by molar-refractivity contribution is 6.07. The van der Waals surface area contributed by atoms with Crippen LogP contribution in [-0.4, -0.2) is 48.4 Å². The number of halogens is 1. The van der Waals surface area contributed by atoms with E-state index in [9.17, 15) is 9.18 Å². The van der Waals surface area contributed by atoms with Crippen molar-refractivity contribution in [3.8, 4) is 0 Å². The Morgan fingerprint density at radius 1 is 0.857 bits per heavy atom. The van der Waals surface area contributed by atoms with Gasteiger partial charge in [-0.05, 0) is 84.1 Å². The summed E-state index contributed by atoms with van der Waals surface area (Å²) < 4.78 is 13.3. The summed E-state index contributed by atoms with van der Waals surface area (Å²) in [5, 5.41) is 2.19. The molecule has 2 aliphatic heterocycles. The maximum absolute atomic E-state index is 13.7. The van der Waals surface area contributed by atoms with Crippen LogP contribution < -0.4 is 0 Å². The number of hydrogen-bond donors (Lipinski definition) is 0. The Labute approximate surface area is 207 Å². The van der Waals surface area contributed by atoms with Crippen LogP contribution in [0.1, 0.15) is 53.9 Å². The molecular weight excluding hydrogens is 435 g/mol. The maximum Gasteiger partial charge on any atom is 0.254 e. The zero-order valence-electron chi connectivity index (χ0n) is 20.4. The second-order valence-corrected chi connectivity index (χ2v) is 11.0. The van der Waals surface area contributed by atoms with Gasteiger partial charge >= 0.3 is 0 Å². The van der Waals surface area contributed by atoms with Crippen molar-refractivity contribution >= 4 is 16.7 Å². The summed E-state index contributed by atoms with van der Waals surface area (Å²) in [5.74, 6) is 2.53. The lowest BCUT2D eigenvalue weighted by Crippen LogP contribution is -2.40. The molecule has 182 valence electrons. The molecule has 2 saturated heterocycles. The van der Waals surface area contributed by atoms with Crippen molar-refractivity contribution in [1.29, 1.82) is 0 Å². The Morgan fingerprint density at radius 2 is 1.60 bits per heavy atom. The van der Waals surface area contributed by atoms with E-state index in [1.807, 2.05) is 36.4 Å². The second-order valence-electron chi connectivity index (χ2n) is 11.0. The van der Waals surface area contributed by atoms with Crippen LogP contribution in [0.3, 0.4) is 0 Å². The fourth-order valence-electron chi connectivity index (χ4n) is 6.76. The lowest BCUT2D eigenvalue weighted by atomic mass is 9.71. The summed E-state index contributed by atoms with van der Waals surface area (Å²) in [6, 6.07) is 21.4. The van der Waals surface area contributed by atoms with Gasteiger partial charge in [0, 0.05) is 25.2 Å². The lowest BCUT2D eigenvalue weighted by Gasteiger charge is -2.38. The van der Waals surface area contributed by atoms with Gasteiger partial charge in [0.05, 0.1) is 0 Å². The highest BCUT2D eigenvalue weighted by Crippen LogP contribution is 2.42. The van der Waals surface area contributed by atoms with Gasteiger partial charge in [-0.1, -0.05) is 67.8 Å². The molecule has 1 amide bonds. The lowest BCUT2D eigenvalue weighted by molar-refractivity contribution is 0.0776. The smallest absolute Gasteiger partial charge is 0.254 e. The highest BCUT2D eigenvalue weighted by atomic mass is 19.1. The normalized spacial score (nSPS) is 24.1. The summed E-state index contributed by atoms with van der Waals surface area (Å²) in [5.41, 5.74) is 2.11. The van der Waals surface area contributed by atoms with Crippen LogP contribution in [-0.2, 0) is 0 Å². The summed E-state index contributed by atoms with van der Waals surface area (Å²) in [4.78, 5) is 18.5. The Kier molecular flexibility index (Phi) is 6.32. The van der Waals surface area contributed by atoms with E-state index in [1.54, 1.807) is 12.1 Å². The second kappa shape index (κ2) is 9.73. The molecule has 0 unspecified atom stereocenters. The summed E-state index contributed by atoms with van der Waals surface area (Å²) >= 11 is 0. The van der Waals surface area contributed by atoms with Gasteiger partial charge in [-0.15, -0.1) is 0 Å². The number of amides is 1. The van der Waals surface area contributed by atoms with Crippen LogP contribution in [0.25, 0.3) is 10.8 Å². The van der Waals surface area contributed by atoms with Gasteiger partial charge < -0.3 is 9.80 Å². The van der Waals surface area contributed by atoms with Crippen LogP contribution in [0, 0.1) is 23.6 Å². The molecule has 3 nitrogen and oxygen atoms in total. The van der Waals surface area contributed by atoms with Crippen LogP contribution >= 0.6 is 0 Å². The SMILES string of the molecule is O=C(c1cccc2ccccc12)N1C[C@@H](CN2CCC(c3ccc(F)cc3)CC2)[C@H](C2CCC2)C1. The van der Waals surface area contributed by atoms with Gasteiger partial charge in [-0.2, -0.15) is 0 Å². The Balaban J connectivity index is 1.13. The first-order valence-electron chi connectivity index (χ1n) is 13.4. The first-order chi connectivity index (χ1) is 17.2. The molecule has 3 aromatic rings. The molecule has 3 aromatic carbocycles. The quantitative estimate of drug-likeness (QED) is 0.434. The zero-order chi connectivity index (χ0) is 23.8. The van der Waals surface area contributed by atoms with E-state index in [1.165, 1.54) is 24.8 Å². The summed E-state index contributed by atoms with van der Waals surface area (Å²) in [6.45, 7) is 5.06. The Hall–Kier alpha value is -2.72. The van der Waals surface area contributed by atoms with Gasteiger partial charge in [-0.25, -0.2) is 4.39 Å². The van der Waals surface area contributed by atoms with Crippen LogP contribution in [0.15, 0.2) is 66.7 Å². The number of hydrogen-bond acceptors (Lipinski definition) is 2. The average Bonchev–Trinajstić information content (AvgIpc) is 3.26. The fourth-order valence-corrected chi connectivity index (χ4v) is 6.76. The molecule has 35 heavy (non-hydrogen) atoms. The summed E-state index contributed by atoms with van der Waals surface area (Å²) in [7, 11) is 0. The number of rotatable bonds is 5. The molecule has 0 spiro atoms. The minimum atomic E-state index is -0.156. The number of carbonyl (C=O) groups excluding carboxylic acids is 1. The van der Waals surface area contributed by atoms with Gasteiger partial charge in [0.15, 0.2) is 0 Å². The van der Waals surface area contributed by atoms with E-state index in [2.05, 4.69) is 28.0 Å². The fraction of sp³-hybridized carbons (Fsp3) is 0.452. The van der Waals surface area contributed by atoms with Gasteiger partial charge in [0.2, 0.25) is 0 Å². The number of piperidine rings is 1. The predicted molar refractivity (Wildman–Crippen MR) is 139 cm³/mol. The molecular formula is C31H35FN2O. The summed E-state index contributed by atoms with van der Waals surface area (Å²) in [6.07, 6.45) is 6.25. The molecule has 0 N–H and O–H groups in total. The third-order valence-electron chi connectivity index (χ3n) is 8.98. The number of carbonyl (C=O) groups is 1. The third-order valence-corrected chi connectivity index (χ3v) is 8.98. The highest BCUT2D eigenvalue weighted by Gasteiger charge is 2.42. The monoisotopic (exact) mass is 470 g/mol. The molecule has 0 bridgehead atoms. The van der Waals surface area contributed by atoms with Crippen molar-refractivity contribution in [1.82, 2.24) is 9.80 Å².